The topological polar surface area (TPSA) is 33.1 Å². The average Bonchev–Trinajstić information content (AvgIpc) is 2.70. The fraction of sp³-hybridized carbons (Fsp3) is 0.824. The molecular weight excluding hydrogens is 260 g/mol. The molecular formula is C17H32N4. The molecule has 4 nitrogen and oxygen atoms in total. The largest absolute Gasteiger partial charge is 0.315 e. The van der Waals surface area contributed by atoms with Gasteiger partial charge in [-0.25, -0.2) is 0 Å². The number of nitrogens with one attached hydrogen (secondary N) is 1. The predicted octanol–water partition coefficient (Wildman–Crippen LogP) is 2.60. The highest BCUT2D eigenvalue weighted by Crippen LogP contribution is 2.25. The molecule has 0 saturated carbocycles. The molecule has 1 aromatic heterocycles. The van der Waals surface area contributed by atoms with E-state index in [-0.39, 0.29) is 5.54 Å². The van der Waals surface area contributed by atoms with Crippen molar-refractivity contribution in [2.45, 2.75) is 64.0 Å². The number of aromatic nitrogens is 2. The molecule has 1 unspecified atom stereocenters. The summed E-state index contributed by atoms with van der Waals surface area (Å²) in [4.78, 5) is 2.70. The first-order chi connectivity index (χ1) is 10.1. The number of hydrogen-bond acceptors (Lipinski definition) is 3. The molecule has 21 heavy (non-hydrogen) atoms. The van der Waals surface area contributed by atoms with Crippen molar-refractivity contribution >= 4 is 0 Å². The van der Waals surface area contributed by atoms with Crippen LogP contribution in [-0.2, 0) is 13.5 Å². The molecule has 2 rings (SSSR count). The molecule has 1 fully saturated rings. The number of rotatable bonds is 6. The van der Waals surface area contributed by atoms with Crippen molar-refractivity contribution in [3.05, 3.63) is 18.0 Å². The van der Waals surface area contributed by atoms with Crippen LogP contribution in [0.1, 0.15) is 51.6 Å². The second-order valence-electron chi connectivity index (χ2n) is 6.88. The van der Waals surface area contributed by atoms with Crippen LogP contribution in [0.2, 0.25) is 0 Å². The molecule has 0 amide bonds. The zero-order valence-electron chi connectivity index (χ0n) is 14.2. The minimum atomic E-state index is 0.206. The van der Waals surface area contributed by atoms with Gasteiger partial charge in [0, 0.05) is 30.5 Å². The summed E-state index contributed by atoms with van der Waals surface area (Å²) in [6.07, 6.45) is 9.61. The zero-order valence-corrected chi connectivity index (χ0v) is 14.2. The van der Waals surface area contributed by atoms with Gasteiger partial charge in [-0.1, -0.05) is 12.8 Å². The van der Waals surface area contributed by atoms with Crippen molar-refractivity contribution in [2.75, 3.05) is 20.1 Å². The Morgan fingerprint density at radius 2 is 1.90 bits per heavy atom. The molecule has 0 spiro atoms. The highest BCUT2D eigenvalue weighted by Gasteiger charge is 2.34. The van der Waals surface area contributed by atoms with Crippen LogP contribution in [0.25, 0.3) is 0 Å². The molecule has 120 valence electrons. The van der Waals surface area contributed by atoms with Gasteiger partial charge >= 0.3 is 0 Å². The van der Waals surface area contributed by atoms with Gasteiger partial charge in [-0.05, 0) is 65.7 Å². The van der Waals surface area contributed by atoms with E-state index in [1.54, 1.807) is 0 Å². The van der Waals surface area contributed by atoms with Crippen LogP contribution in [0, 0.1) is 0 Å². The Morgan fingerprint density at radius 3 is 2.43 bits per heavy atom. The Kier molecular flexibility index (Phi) is 5.82. The smallest absolute Gasteiger partial charge is 0.0492 e. The Morgan fingerprint density at radius 1 is 1.24 bits per heavy atom. The molecule has 0 aliphatic carbocycles. The van der Waals surface area contributed by atoms with E-state index in [2.05, 4.69) is 42.3 Å². The summed E-state index contributed by atoms with van der Waals surface area (Å²) in [5.74, 6) is 0. The van der Waals surface area contributed by atoms with E-state index in [0.717, 1.165) is 12.8 Å². The van der Waals surface area contributed by atoms with Gasteiger partial charge < -0.3 is 5.32 Å². The molecule has 1 N–H and O–H groups in total. The quantitative estimate of drug-likeness (QED) is 0.875. The van der Waals surface area contributed by atoms with Crippen molar-refractivity contribution < 1.29 is 0 Å². The molecule has 0 aromatic carbocycles. The number of hydrogen-bond donors (Lipinski definition) is 1. The Labute approximate surface area is 129 Å². The molecule has 2 heterocycles. The summed E-state index contributed by atoms with van der Waals surface area (Å²) in [5, 5.41) is 7.84. The Bertz CT molecular complexity index is 416. The van der Waals surface area contributed by atoms with E-state index < -0.39 is 0 Å². The maximum Gasteiger partial charge on any atom is 0.0492 e. The van der Waals surface area contributed by atoms with E-state index in [1.807, 2.05) is 17.9 Å². The first-order valence-electron chi connectivity index (χ1n) is 8.45. The van der Waals surface area contributed by atoms with E-state index in [4.69, 9.17) is 0 Å². The van der Waals surface area contributed by atoms with Crippen LogP contribution < -0.4 is 5.32 Å². The predicted molar refractivity (Wildman–Crippen MR) is 88.5 cm³/mol. The number of likely N-dealkylation sites (N-methyl/N-ethyl adjacent to an activating group) is 1. The Balaban J connectivity index is 1.98. The summed E-state index contributed by atoms with van der Waals surface area (Å²) in [6, 6.07) is 2.64. The van der Waals surface area contributed by atoms with Gasteiger partial charge in [-0.3, -0.25) is 9.58 Å². The average molecular weight is 292 g/mol. The van der Waals surface area contributed by atoms with Gasteiger partial charge in [0.2, 0.25) is 0 Å². The van der Waals surface area contributed by atoms with E-state index in [1.165, 1.54) is 44.5 Å². The molecule has 1 atom stereocenters. The Hall–Kier alpha value is -0.870. The third-order valence-corrected chi connectivity index (χ3v) is 5.23. The second kappa shape index (κ2) is 7.41. The monoisotopic (exact) mass is 292 g/mol. The molecule has 0 radical (unpaired) electrons. The van der Waals surface area contributed by atoms with Crippen molar-refractivity contribution in [1.29, 1.82) is 0 Å². The zero-order chi connectivity index (χ0) is 15.3. The molecule has 1 aliphatic rings. The van der Waals surface area contributed by atoms with Crippen LogP contribution in [-0.4, -0.2) is 46.4 Å². The van der Waals surface area contributed by atoms with Crippen molar-refractivity contribution in [1.82, 2.24) is 20.0 Å². The normalized spacial score (nSPS) is 19.4. The molecule has 1 aliphatic heterocycles. The van der Waals surface area contributed by atoms with Gasteiger partial charge in [0.15, 0.2) is 0 Å². The highest BCUT2D eigenvalue weighted by molar-refractivity contribution is 5.02. The van der Waals surface area contributed by atoms with E-state index in [9.17, 15) is 0 Å². The third-order valence-electron chi connectivity index (χ3n) is 5.23. The molecule has 4 heteroatoms. The lowest BCUT2D eigenvalue weighted by Gasteiger charge is -2.44. The van der Waals surface area contributed by atoms with Gasteiger partial charge in [0.25, 0.3) is 0 Å². The second-order valence-corrected chi connectivity index (χ2v) is 6.88. The lowest BCUT2D eigenvalue weighted by atomic mass is 9.88. The first-order valence-corrected chi connectivity index (χ1v) is 8.45. The van der Waals surface area contributed by atoms with Crippen LogP contribution in [0.15, 0.2) is 12.3 Å². The summed E-state index contributed by atoms with van der Waals surface area (Å²) >= 11 is 0. The fourth-order valence-corrected chi connectivity index (χ4v) is 3.66. The van der Waals surface area contributed by atoms with Crippen LogP contribution in [0.5, 0.6) is 0 Å². The van der Waals surface area contributed by atoms with Crippen LogP contribution in [0.3, 0.4) is 0 Å². The summed E-state index contributed by atoms with van der Waals surface area (Å²) in [5.41, 5.74) is 1.53. The number of nitrogens with zero attached hydrogens (tertiary/aromatic N) is 3. The van der Waals surface area contributed by atoms with Crippen LogP contribution in [0.4, 0.5) is 0 Å². The van der Waals surface area contributed by atoms with Crippen molar-refractivity contribution in [3.63, 3.8) is 0 Å². The fourth-order valence-electron chi connectivity index (χ4n) is 3.66. The highest BCUT2D eigenvalue weighted by atomic mass is 15.3. The molecule has 1 saturated heterocycles. The summed E-state index contributed by atoms with van der Waals surface area (Å²) < 4.78 is 1.99. The summed E-state index contributed by atoms with van der Waals surface area (Å²) in [7, 11) is 4.14. The minimum Gasteiger partial charge on any atom is -0.315 e. The molecule has 1 aromatic rings. The van der Waals surface area contributed by atoms with Crippen molar-refractivity contribution in [3.8, 4) is 0 Å². The minimum absolute atomic E-state index is 0.206. The standard InChI is InChI=1S/C17H32N4/c1-17(2,21-13-7-5-6-8-14-21)16(18-3)10-9-15-11-12-19-20(15)4/h11-12,16,18H,5-10,13-14H2,1-4H3. The maximum atomic E-state index is 4.27. The van der Waals surface area contributed by atoms with Crippen LogP contribution >= 0.6 is 0 Å². The van der Waals surface area contributed by atoms with E-state index in [0.29, 0.717) is 6.04 Å². The van der Waals surface area contributed by atoms with E-state index >= 15 is 0 Å². The van der Waals surface area contributed by atoms with Crippen molar-refractivity contribution in [2.24, 2.45) is 7.05 Å². The summed E-state index contributed by atoms with van der Waals surface area (Å²) in [6.45, 7) is 7.30. The van der Waals surface area contributed by atoms with Gasteiger partial charge in [0.05, 0.1) is 0 Å². The number of likely N-dealkylation sites (tertiary alicyclic amines) is 1. The maximum absolute atomic E-state index is 4.27. The SMILES string of the molecule is CNC(CCc1ccnn1C)C(C)(C)N1CCCCCC1. The number of aryl methyl sites for hydroxylation is 2. The van der Waals surface area contributed by atoms with Gasteiger partial charge in [-0.2, -0.15) is 5.10 Å². The lowest BCUT2D eigenvalue weighted by Crippen LogP contribution is -2.57. The third kappa shape index (κ3) is 4.07. The lowest BCUT2D eigenvalue weighted by molar-refractivity contribution is 0.0830. The van der Waals surface area contributed by atoms with Gasteiger partial charge in [0.1, 0.15) is 0 Å². The van der Waals surface area contributed by atoms with Gasteiger partial charge in [-0.15, -0.1) is 0 Å². The first kappa shape index (κ1) is 16.5. The molecule has 0 bridgehead atoms.